The number of likely N-dealkylation sites (tertiary alicyclic amines) is 2. The van der Waals surface area contributed by atoms with Crippen LogP contribution in [0, 0.1) is 5.41 Å². The van der Waals surface area contributed by atoms with E-state index in [4.69, 9.17) is 0 Å². The molecule has 0 aromatic heterocycles. The molecule has 0 aromatic carbocycles. The Balaban J connectivity index is 1.94. The molecular weight excluding hydrogens is 218 g/mol. The topological polar surface area (TPSA) is 43.9 Å². The number of β-lactam (4-membered cyclic amide) rings is 1. The Bertz CT molecular complexity index is 339. The number of carbonyl (C=O) groups excluding carboxylic acids is 2. The number of rotatable bonds is 2. The smallest absolute Gasteiger partial charge is 0.236 e. The minimum absolute atomic E-state index is 0.113. The second kappa shape index (κ2) is 4.29. The van der Waals surface area contributed by atoms with E-state index < -0.39 is 0 Å². The fourth-order valence-corrected chi connectivity index (χ4v) is 2.91. The van der Waals surface area contributed by atoms with Gasteiger partial charge in [-0.1, -0.05) is 0 Å². The third kappa shape index (κ3) is 2.16. The third-order valence-electron chi connectivity index (χ3n) is 3.85. The summed E-state index contributed by atoms with van der Waals surface area (Å²) in [5, 5.41) is 0. The van der Waals surface area contributed by atoms with Crippen molar-refractivity contribution in [1.29, 1.82) is 0 Å². The van der Waals surface area contributed by atoms with Crippen molar-refractivity contribution in [3.05, 3.63) is 0 Å². The minimum atomic E-state index is -0.181. The molecule has 2 aliphatic heterocycles. The van der Waals surface area contributed by atoms with Gasteiger partial charge < -0.3 is 9.80 Å². The quantitative estimate of drug-likeness (QED) is 0.618. The molecule has 0 unspecified atom stereocenters. The summed E-state index contributed by atoms with van der Waals surface area (Å²) < 4.78 is 0. The molecular formula is C12H21N3O2. The molecule has 2 heterocycles. The van der Waals surface area contributed by atoms with Crippen molar-refractivity contribution in [2.75, 3.05) is 47.3 Å². The fraction of sp³-hybridized carbons (Fsp3) is 0.833. The van der Waals surface area contributed by atoms with E-state index in [2.05, 4.69) is 4.90 Å². The van der Waals surface area contributed by atoms with Gasteiger partial charge in [0.2, 0.25) is 11.8 Å². The van der Waals surface area contributed by atoms with Gasteiger partial charge in [0.15, 0.2) is 0 Å². The van der Waals surface area contributed by atoms with E-state index in [1.54, 1.807) is 23.9 Å². The summed E-state index contributed by atoms with van der Waals surface area (Å²) in [6.07, 6.45) is 1.99. The van der Waals surface area contributed by atoms with Crippen LogP contribution in [0.5, 0.6) is 0 Å². The normalized spacial score (nSPS) is 29.4. The van der Waals surface area contributed by atoms with E-state index >= 15 is 0 Å². The summed E-state index contributed by atoms with van der Waals surface area (Å²) in [5.74, 6) is 0.363. The molecule has 2 fully saturated rings. The molecule has 1 atom stereocenters. The van der Waals surface area contributed by atoms with Crippen molar-refractivity contribution in [1.82, 2.24) is 14.7 Å². The highest BCUT2D eigenvalue weighted by molar-refractivity contribution is 5.89. The fourth-order valence-electron chi connectivity index (χ4n) is 2.91. The highest BCUT2D eigenvalue weighted by atomic mass is 16.2. The average molecular weight is 239 g/mol. The molecule has 96 valence electrons. The Morgan fingerprint density at radius 3 is 2.65 bits per heavy atom. The first-order chi connectivity index (χ1) is 7.94. The van der Waals surface area contributed by atoms with Crippen LogP contribution in [0.4, 0.5) is 0 Å². The van der Waals surface area contributed by atoms with Gasteiger partial charge >= 0.3 is 0 Å². The van der Waals surface area contributed by atoms with Gasteiger partial charge in [-0.25, -0.2) is 0 Å². The van der Waals surface area contributed by atoms with Gasteiger partial charge in [-0.05, 0) is 19.4 Å². The summed E-state index contributed by atoms with van der Waals surface area (Å²) in [4.78, 5) is 29.1. The maximum absolute atomic E-state index is 11.9. The molecule has 17 heavy (non-hydrogen) atoms. The lowest BCUT2D eigenvalue weighted by Gasteiger charge is -2.51. The highest BCUT2D eigenvalue weighted by Crippen LogP contribution is 2.39. The maximum Gasteiger partial charge on any atom is 0.236 e. The van der Waals surface area contributed by atoms with Crippen LogP contribution in [-0.2, 0) is 9.59 Å². The summed E-state index contributed by atoms with van der Waals surface area (Å²) in [6, 6.07) is 0. The molecule has 2 amide bonds. The predicted molar refractivity (Wildman–Crippen MR) is 64.4 cm³/mol. The van der Waals surface area contributed by atoms with Crippen LogP contribution in [0.2, 0.25) is 0 Å². The minimum Gasteiger partial charge on any atom is -0.348 e. The summed E-state index contributed by atoms with van der Waals surface area (Å²) in [7, 11) is 5.38. The van der Waals surface area contributed by atoms with Gasteiger partial charge in [0.1, 0.15) is 0 Å². The molecule has 1 spiro atoms. The lowest BCUT2D eigenvalue weighted by atomic mass is 9.72. The van der Waals surface area contributed by atoms with Crippen molar-refractivity contribution in [3.63, 3.8) is 0 Å². The second-order valence-corrected chi connectivity index (χ2v) is 5.54. The number of nitrogens with zero attached hydrogens (tertiary/aromatic N) is 3. The largest absolute Gasteiger partial charge is 0.348 e. The van der Waals surface area contributed by atoms with Crippen molar-refractivity contribution in [2.24, 2.45) is 5.41 Å². The number of likely N-dealkylation sites (N-methyl/N-ethyl adjacent to an activating group) is 1. The van der Waals surface area contributed by atoms with Gasteiger partial charge in [-0.3, -0.25) is 14.5 Å². The van der Waals surface area contributed by atoms with Crippen LogP contribution in [-0.4, -0.2) is 73.8 Å². The lowest BCUT2D eigenvalue weighted by Crippen LogP contribution is -2.66. The SMILES string of the molecule is CN(C)C(=O)CN1CCC[C@]2(C1)CN(C)C2=O. The first-order valence-corrected chi connectivity index (χ1v) is 6.13. The summed E-state index contributed by atoms with van der Waals surface area (Å²) >= 11 is 0. The Hall–Kier alpha value is -1.10. The maximum atomic E-state index is 11.9. The van der Waals surface area contributed by atoms with E-state index in [0.29, 0.717) is 6.54 Å². The van der Waals surface area contributed by atoms with Crippen LogP contribution in [0.15, 0.2) is 0 Å². The van der Waals surface area contributed by atoms with Crippen LogP contribution in [0.1, 0.15) is 12.8 Å². The van der Waals surface area contributed by atoms with E-state index in [9.17, 15) is 9.59 Å². The zero-order valence-electron chi connectivity index (χ0n) is 10.9. The second-order valence-electron chi connectivity index (χ2n) is 5.54. The molecule has 0 radical (unpaired) electrons. The number of hydrogen-bond donors (Lipinski definition) is 0. The standard InChI is InChI=1S/C12H21N3O2/c1-13(2)10(16)7-15-6-4-5-12(9-15)8-14(3)11(12)17/h4-9H2,1-3H3/t12-/m1/s1. The molecule has 2 rings (SSSR count). The summed E-state index contributed by atoms with van der Waals surface area (Å²) in [6.45, 7) is 2.96. The number of amides is 2. The van der Waals surface area contributed by atoms with E-state index in [-0.39, 0.29) is 17.2 Å². The molecule has 5 heteroatoms. The predicted octanol–water partition coefficient (Wildman–Crippen LogP) is -0.371. The van der Waals surface area contributed by atoms with Gasteiger partial charge in [-0.15, -0.1) is 0 Å². The number of piperidine rings is 1. The third-order valence-corrected chi connectivity index (χ3v) is 3.85. The van der Waals surface area contributed by atoms with E-state index in [1.165, 1.54) is 0 Å². The molecule has 0 bridgehead atoms. The van der Waals surface area contributed by atoms with Gasteiger partial charge in [-0.2, -0.15) is 0 Å². The van der Waals surface area contributed by atoms with E-state index in [0.717, 1.165) is 32.5 Å². The first-order valence-electron chi connectivity index (χ1n) is 6.13. The number of hydrogen-bond acceptors (Lipinski definition) is 3. The van der Waals surface area contributed by atoms with Crippen LogP contribution in [0.25, 0.3) is 0 Å². The van der Waals surface area contributed by atoms with Crippen molar-refractivity contribution in [2.45, 2.75) is 12.8 Å². The van der Waals surface area contributed by atoms with Crippen LogP contribution in [0.3, 0.4) is 0 Å². The van der Waals surface area contributed by atoms with E-state index in [1.807, 2.05) is 7.05 Å². The zero-order chi connectivity index (χ0) is 12.6. The Morgan fingerprint density at radius 1 is 1.41 bits per heavy atom. The Kier molecular flexibility index (Phi) is 3.12. The molecule has 2 aliphatic rings. The number of carbonyl (C=O) groups is 2. The molecule has 0 saturated carbocycles. The Morgan fingerprint density at radius 2 is 2.12 bits per heavy atom. The monoisotopic (exact) mass is 239 g/mol. The first kappa shape index (κ1) is 12.4. The molecule has 0 aromatic rings. The lowest BCUT2D eigenvalue weighted by molar-refractivity contribution is -0.164. The highest BCUT2D eigenvalue weighted by Gasteiger charge is 2.52. The van der Waals surface area contributed by atoms with Gasteiger partial charge in [0.05, 0.1) is 12.0 Å². The van der Waals surface area contributed by atoms with Crippen molar-refractivity contribution >= 4 is 11.8 Å². The van der Waals surface area contributed by atoms with Crippen LogP contribution < -0.4 is 0 Å². The zero-order valence-corrected chi connectivity index (χ0v) is 10.9. The Labute approximate surface area is 102 Å². The molecule has 2 saturated heterocycles. The summed E-state index contributed by atoms with van der Waals surface area (Å²) in [5.41, 5.74) is -0.181. The van der Waals surface area contributed by atoms with Crippen LogP contribution >= 0.6 is 0 Å². The van der Waals surface area contributed by atoms with Gasteiger partial charge in [0.25, 0.3) is 0 Å². The van der Waals surface area contributed by atoms with Crippen molar-refractivity contribution in [3.8, 4) is 0 Å². The van der Waals surface area contributed by atoms with Crippen molar-refractivity contribution < 1.29 is 9.59 Å². The average Bonchev–Trinajstić information content (AvgIpc) is 2.29. The molecule has 5 nitrogen and oxygen atoms in total. The molecule has 0 aliphatic carbocycles. The van der Waals surface area contributed by atoms with Gasteiger partial charge in [0, 0.05) is 34.2 Å². The molecule has 0 N–H and O–H groups in total.